The van der Waals surface area contributed by atoms with E-state index in [0.29, 0.717) is 11.5 Å². The van der Waals surface area contributed by atoms with Crippen LogP contribution in [0.3, 0.4) is 0 Å². The summed E-state index contributed by atoms with van der Waals surface area (Å²) in [6.45, 7) is 0.405. The zero-order valence-electron chi connectivity index (χ0n) is 8.92. The Morgan fingerprint density at radius 2 is 2.47 bits per heavy atom. The third-order valence-electron chi connectivity index (χ3n) is 2.36. The fourth-order valence-electron chi connectivity index (χ4n) is 1.63. The highest BCUT2D eigenvalue weighted by Crippen LogP contribution is 2.11. The average Bonchev–Trinajstić information content (AvgIpc) is 2.68. The summed E-state index contributed by atoms with van der Waals surface area (Å²) in [7, 11) is -3.00. The van der Waals surface area contributed by atoms with Gasteiger partial charge in [-0.05, 0) is 0 Å². The molecule has 0 radical (unpaired) electrons. The number of nitrogens with one attached hydrogen (secondary N) is 2. The maximum Gasteiger partial charge on any atom is 0.226 e. The minimum atomic E-state index is -3.00. The van der Waals surface area contributed by atoms with Crippen LogP contribution < -0.4 is 10.6 Å². The normalized spacial score (nSPS) is 23.2. The van der Waals surface area contributed by atoms with Gasteiger partial charge in [0.25, 0.3) is 0 Å². The molecular formula is C8H12N4O3S2. The first-order chi connectivity index (χ1) is 8.05. The molecule has 0 aromatic carbocycles. The number of carbonyl (C=O) groups excluding carboxylic acids is 1. The lowest BCUT2D eigenvalue weighted by Gasteiger charge is -2.22. The number of carbonyl (C=O) groups is 1. The molecule has 0 aliphatic carbocycles. The molecule has 1 fully saturated rings. The van der Waals surface area contributed by atoms with Crippen LogP contribution in [0.1, 0.15) is 6.42 Å². The zero-order valence-corrected chi connectivity index (χ0v) is 10.6. The van der Waals surface area contributed by atoms with Gasteiger partial charge in [0.05, 0.1) is 17.7 Å². The largest absolute Gasteiger partial charge is 0.315 e. The van der Waals surface area contributed by atoms with E-state index in [1.807, 2.05) is 0 Å². The lowest BCUT2D eigenvalue weighted by atomic mass is 10.2. The number of sulfone groups is 1. The summed E-state index contributed by atoms with van der Waals surface area (Å²) in [5, 5.41) is 9.78. The van der Waals surface area contributed by atoms with Gasteiger partial charge in [0.1, 0.15) is 5.00 Å². The first kappa shape index (κ1) is 12.4. The Kier molecular flexibility index (Phi) is 3.69. The van der Waals surface area contributed by atoms with Crippen LogP contribution >= 0.6 is 11.5 Å². The molecule has 1 atom stereocenters. The van der Waals surface area contributed by atoms with E-state index in [4.69, 9.17) is 0 Å². The maximum atomic E-state index is 11.6. The van der Waals surface area contributed by atoms with Crippen LogP contribution in [0.15, 0.2) is 6.20 Å². The van der Waals surface area contributed by atoms with Gasteiger partial charge in [-0.15, -0.1) is 5.10 Å². The fraction of sp³-hybridized carbons (Fsp3) is 0.625. The molecule has 2 rings (SSSR count). The number of rotatable bonds is 3. The van der Waals surface area contributed by atoms with Gasteiger partial charge in [-0.1, -0.05) is 4.49 Å². The quantitative estimate of drug-likeness (QED) is 0.753. The van der Waals surface area contributed by atoms with E-state index < -0.39 is 9.84 Å². The Morgan fingerprint density at radius 3 is 3.12 bits per heavy atom. The molecule has 9 heteroatoms. The Morgan fingerprint density at radius 1 is 1.65 bits per heavy atom. The highest BCUT2D eigenvalue weighted by Gasteiger charge is 2.26. The van der Waals surface area contributed by atoms with E-state index in [-0.39, 0.29) is 29.9 Å². The second kappa shape index (κ2) is 5.07. The molecule has 94 valence electrons. The van der Waals surface area contributed by atoms with E-state index in [1.165, 1.54) is 6.20 Å². The van der Waals surface area contributed by atoms with Crippen molar-refractivity contribution in [1.29, 1.82) is 0 Å². The standard InChI is InChI=1S/C8H12N4O3S2/c13-7(11-8-4-10-12-16-8)3-6-5-17(14,15)2-1-9-6/h4,6,9H,1-3,5H2,(H,11,13). The SMILES string of the molecule is O=C(CC1CS(=O)(=O)CCN1)Nc1cnns1. The van der Waals surface area contributed by atoms with Gasteiger partial charge in [0, 0.05) is 30.5 Å². The number of anilines is 1. The van der Waals surface area contributed by atoms with E-state index in [0.717, 1.165) is 11.5 Å². The van der Waals surface area contributed by atoms with Crippen LogP contribution in [0.5, 0.6) is 0 Å². The topological polar surface area (TPSA) is 101 Å². The molecule has 0 saturated carbocycles. The van der Waals surface area contributed by atoms with Crippen molar-refractivity contribution in [3.63, 3.8) is 0 Å². The molecule has 17 heavy (non-hydrogen) atoms. The summed E-state index contributed by atoms with van der Waals surface area (Å²) in [6.07, 6.45) is 1.59. The molecule has 1 amide bonds. The van der Waals surface area contributed by atoms with Gasteiger partial charge >= 0.3 is 0 Å². The van der Waals surface area contributed by atoms with Crippen molar-refractivity contribution in [1.82, 2.24) is 14.9 Å². The molecule has 7 nitrogen and oxygen atoms in total. The summed E-state index contributed by atoms with van der Waals surface area (Å²) >= 11 is 1.08. The van der Waals surface area contributed by atoms with Gasteiger partial charge in [-0.2, -0.15) is 0 Å². The molecule has 1 aliphatic rings. The van der Waals surface area contributed by atoms with E-state index in [1.54, 1.807) is 0 Å². The van der Waals surface area contributed by atoms with Gasteiger partial charge in [-0.25, -0.2) is 8.42 Å². The Labute approximate surface area is 103 Å². The monoisotopic (exact) mass is 276 g/mol. The molecule has 2 heterocycles. The van der Waals surface area contributed by atoms with Gasteiger partial charge in [0.15, 0.2) is 9.84 Å². The fourth-order valence-corrected chi connectivity index (χ4v) is 3.51. The summed E-state index contributed by atoms with van der Waals surface area (Å²) in [6, 6.07) is -0.311. The third kappa shape index (κ3) is 3.72. The number of aromatic nitrogens is 2. The molecule has 1 unspecified atom stereocenters. The molecule has 2 N–H and O–H groups in total. The molecule has 1 aliphatic heterocycles. The molecule has 1 saturated heterocycles. The number of hydrogen-bond acceptors (Lipinski definition) is 7. The van der Waals surface area contributed by atoms with Crippen LogP contribution in [0.2, 0.25) is 0 Å². The van der Waals surface area contributed by atoms with E-state index in [2.05, 4.69) is 20.2 Å². The van der Waals surface area contributed by atoms with E-state index in [9.17, 15) is 13.2 Å². The van der Waals surface area contributed by atoms with Crippen LogP contribution in [-0.4, -0.2) is 48.0 Å². The van der Waals surface area contributed by atoms with Crippen molar-refractivity contribution in [2.75, 3.05) is 23.4 Å². The second-order valence-corrected chi connectivity index (χ2v) is 6.81. The van der Waals surface area contributed by atoms with Gasteiger partial charge in [-0.3, -0.25) is 4.79 Å². The molecule has 1 aromatic heterocycles. The second-order valence-electron chi connectivity index (χ2n) is 3.80. The van der Waals surface area contributed by atoms with Crippen LogP contribution in [0.4, 0.5) is 5.00 Å². The molecular weight excluding hydrogens is 264 g/mol. The van der Waals surface area contributed by atoms with Crippen molar-refractivity contribution in [2.45, 2.75) is 12.5 Å². The van der Waals surface area contributed by atoms with Crippen molar-refractivity contribution in [3.05, 3.63) is 6.20 Å². The van der Waals surface area contributed by atoms with Crippen LogP contribution in [0.25, 0.3) is 0 Å². The minimum Gasteiger partial charge on any atom is -0.315 e. The molecule has 0 bridgehead atoms. The summed E-state index contributed by atoms with van der Waals surface area (Å²) < 4.78 is 26.4. The summed E-state index contributed by atoms with van der Waals surface area (Å²) in [5.74, 6) is -0.0729. The molecule has 0 spiro atoms. The number of nitrogens with zero attached hydrogens (tertiary/aromatic N) is 2. The van der Waals surface area contributed by atoms with Crippen molar-refractivity contribution in [2.24, 2.45) is 0 Å². The van der Waals surface area contributed by atoms with Crippen molar-refractivity contribution < 1.29 is 13.2 Å². The van der Waals surface area contributed by atoms with Gasteiger partial charge < -0.3 is 10.6 Å². The lowest BCUT2D eigenvalue weighted by Crippen LogP contribution is -2.46. The highest BCUT2D eigenvalue weighted by atomic mass is 32.2. The third-order valence-corrected chi connectivity index (χ3v) is 4.67. The first-order valence-electron chi connectivity index (χ1n) is 5.06. The van der Waals surface area contributed by atoms with Crippen LogP contribution in [0, 0.1) is 0 Å². The predicted molar refractivity (Wildman–Crippen MR) is 63.6 cm³/mol. The number of hydrogen-bond donors (Lipinski definition) is 2. The molecule has 1 aromatic rings. The van der Waals surface area contributed by atoms with Crippen LogP contribution in [-0.2, 0) is 14.6 Å². The maximum absolute atomic E-state index is 11.6. The predicted octanol–water partition coefficient (Wildman–Crippen LogP) is -0.747. The Bertz CT molecular complexity index is 485. The smallest absolute Gasteiger partial charge is 0.226 e. The summed E-state index contributed by atoms with van der Waals surface area (Å²) in [5.41, 5.74) is 0. The van der Waals surface area contributed by atoms with Crippen molar-refractivity contribution >= 4 is 32.3 Å². The summed E-state index contributed by atoms with van der Waals surface area (Å²) in [4.78, 5) is 11.6. The Hall–Kier alpha value is -1.06. The Balaban J connectivity index is 1.86. The first-order valence-corrected chi connectivity index (χ1v) is 7.66. The van der Waals surface area contributed by atoms with Crippen molar-refractivity contribution in [3.8, 4) is 0 Å². The highest BCUT2D eigenvalue weighted by molar-refractivity contribution is 7.91. The van der Waals surface area contributed by atoms with Gasteiger partial charge in [0.2, 0.25) is 5.91 Å². The lowest BCUT2D eigenvalue weighted by molar-refractivity contribution is -0.116. The zero-order chi connectivity index (χ0) is 12.3. The minimum absolute atomic E-state index is 0.0152. The van der Waals surface area contributed by atoms with E-state index >= 15 is 0 Å². The average molecular weight is 276 g/mol. The number of amides is 1.